The second kappa shape index (κ2) is 6.10. The number of amides is 1. The van der Waals surface area contributed by atoms with Crippen LogP contribution >= 0.6 is 0 Å². The van der Waals surface area contributed by atoms with Gasteiger partial charge in [0, 0.05) is 42.8 Å². The van der Waals surface area contributed by atoms with Gasteiger partial charge in [0.1, 0.15) is 0 Å². The van der Waals surface area contributed by atoms with E-state index in [-0.39, 0.29) is 5.91 Å². The minimum absolute atomic E-state index is 0.120. The zero-order valence-electron chi connectivity index (χ0n) is 12.2. The van der Waals surface area contributed by atoms with Gasteiger partial charge in [-0.2, -0.15) is 0 Å². The second-order valence-corrected chi connectivity index (χ2v) is 5.37. The highest BCUT2D eigenvalue weighted by Gasteiger charge is 2.28. The van der Waals surface area contributed by atoms with E-state index < -0.39 is 0 Å². The van der Waals surface area contributed by atoms with Crippen molar-refractivity contribution in [3.8, 4) is 5.69 Å². The van der Waals surface area contributed by atoms with E-state index in [4.69, 9.17) is 0 Å². The summed E-state index contributed by atoms with van der Waals surface area (Å²) in [7, 11) is 1.93. The molecule has 0 spiro atoms. The van der Waals surface area contributed by atoms with Crippen LogP contribution in [0.1, 0.15) is 23.2 Å². The summed E-state index contributed by atoms with van der Waals surface area (Å²) in [6, 6.07) is 8.02. The van der Waals surface area contributed by atoms with Crippen molar-refractivity contribution in [2.24, 2.45) is 0 Å². The first-order chi connectivity index (χ1) is 10.3. The summed E-state index contributed by atoms with van der Waals surface area (Å²) in [6.45, 7) is 1.70. The van der Waals surface area contributed by atoms with Crippen molar-refractivity contribution in [2.45, 2.75) is 18.9 Å². The molecule has 1 saturated heterocycles. The molecule has 3 rings (SSSR count). The first-order valence-electron chi connectivity index (χ1n) is 7.33. The second-order valence-electron chi connectivity index (χ2n) is 5.37. The van der Waals surface area contributed by atoms with Gasteiger partial charge in [-0.15, -0.1) is 0 Å². The SMILES string of the molecule is CNC[C@H]1CCCN1C(=O)c1cccc(-n2ccnc2)c1. The largest absolute Gasteiger partial charge is 0.334 e. The maximum Gasteiger partial charge on any atom is 0.254 e. The van der Waals surface area contributed by atoms with E-state index in [9.17, 15) is 4.79 Å². The van der Waals surface area contributed by atoms with Crippen LogP contribution in [0.15, 0.2) is 43.0 Å². The Hall–Kier alpha value is -2.14. The lowest BCUT2D eigenvalue weighted by Crippen LogP contribution is -2.40. The standard InChI is InChI=1S/C16H20N4O/c1-17-11-15-6-3-8-20(15)16(21)13-4-2-5-14(10-13)19-9-7-18-12-19/h2,4-5,7,9-10,12,15,17H,3,6,8,11H2,1H3/t15-/m1/s1. The lowest BCUT2D eigenvalue weighted by atomic mass is 10.1. The number of imidazole rings is 1. The smallest absolute Gasteiger partial charge is 0.254 e. The number of carbonyl (C=O) groups excluding carboxylic acids is 1. The first kappa shape index (κ1) is 13.8. The highest BCUT2D eigenvalue weighted by atomic mass is 16.2. The van der Waals surface area contributed by atoms with Crippen molar-refractivity contribution in [1.29, 1.82) is 0 Å². The molecule has 1 N–H and O–H groups in total. The Labute approximate surface area is 124 Å². The topological polar surface area (TPSA) is 50.2 Å². The summed E-state index contributed by atoms with van der Waals surface area (Å²) < 4.78 is 1.91. The molecule has 5 nitrogen and oxygen atoms in total. The number of aromatic nitrogens is 2. The lowest BCUT2D eigenvalue weighted by Gasteiger charge is -2.24. The molecule has 0 bridgehead atoms. The van der Waals surface area contributed by atoms with Crippen LogP contribution in [0.3, 0.4) is 0 Å². The summed E-state index contributed by atoms with van der Waals surface area (Å²) in [5.74, 6) is 0.120. The molecule has 0 radical (unpaired) electrons. The Morgan fingerprint density at radius 2 is 2.38 bits per heavy atom. The number of likely N-dealkylation sites (tertiary alicyclic amines) is 1. The van der Waals surface area contributed by atoms with Gasteiger partial charge in [-0.25, -0.2) is 4.98 Å². The maximum atomic E-state index is 12.7. The molecule has 1 amide bonds. The fourth-order valence-corrected chi connectivity index (χ4v) is 2.93. The normalized spacial score (nSPS) is 18.1. The predicted molar refractivity (Wildman–Crippen MR) is 81.5 cm³/mol. The third-order valence-corrected chi connectivity index (χ3v) is 3.97. The molecular formula is C16H20N4O. The van der Waals surface area contributed by atoms with Crippen LogP contribution in [0.5, 0.6) is 0 Å². The van der Waals surface area contributed by atoms with Gasteiger partial charge in [0.2, 0.25) is 0 Å². The average Bonchev–Trinajstić information content (AvgIpc) is 3.18. The van der Waals surface area contributed by atoms with Gasteiger partial charge in [0.15, 0.2) is 0 Å². The Morgan fingerprint density at radius 3 is 3.14 bits per heavy atom. The van der Waals surface area contributed by atoms with Gasteiger partial charge < -0.3 is 14.8 Å². The zero-order valence-corrected chi connectivity index (χ0v) is 12.2. The summed E-state index contributed by atoms with van der Waals surface area (Å²) in [5.41, 5.74) is 1.70. The molecule has 1 aliphatic rings. The average molecular weight is 284 g/mol. The Morgan fingerprint density at radius 1 is 1.48 bits per heavy atom. The van der Waals surface area contributed by atoms with Crippen LogP contribution in [0, 0.1) is 0 Å². The fraction of sp³-hybridized carbons (Fsp3) is 0.375. The fourth-order valence-electron chi connectivity index (χ4n) is 2.93. The van der Waals surface area contributed by atoms with Crippen LogP contribution in [0.4, 0.5) is 0 Å². The molecule has 2 heterocycles. The van der Waals surface area contributed by atoms with Crippen molar-refractivity contribution in [2.75, 3.05) is 20.1 Å². The quantitative estimate of drug-likeness (QED) is 0.929. The molecule has 2 aromatic rings. The van der Waals surface area contributed by atoms with Gasteiger partial charge in [-0.05, 0) is 38.1 Å². The molecule has 21 heavy (non-hydrogen) atoms. The number of nitrogens with one attached hydrogen (secondary N) is 1. The third-order valence-electron chi connectivity index (χ3n) is 3.97. The number of hydrogen-bond acceptors (Lipinski definition) is 3. The van der Waals surface area contributed by atoms with E-state index in [1.54, 1.807) is 12.5 Å². The van der Waals surface area contributed by atoms with Crippen molar-refractivity contribution < 1.29 is 4.79 Å². The third kappa shape index (κ3) is 2.83. The van der Waals surface area contributed by atoms with Crippen molar-refractivity contribution in [1.82, 2.24) is 19.8 Å². The number of carbonyl (C=O) groups is 1. The highest BCUT2D eigenvalue weighted by Crippen LogP contribution is 2.20. The predicted octanol–water partition coefficient (Wildman–Crippen LogP) is 1.70. The monoisotopic (exact) mass is 284 g/mol. The Kier molecular flexibility index (Phi) is 4.01. The van der Waals surface area contributed by atoms with Gasteiger partial charge in [-0.1, -0.05) is 6.07 Å². The molecule has 1 atom stereocenters. The Balaban J connectivity index is 1.83. The van der Waals surface area contributed by atoms with Gasteiger partial charge in [-0.3, -0.25) is 4.79 Å². The van der Waals surface area contributed by atoms with E-state index >= 15 is 0 Å². The Bertz CT molecular complexity index is 608. The summed E-state index contributed by atoms with van der Waals surface area (Å²) in [4.78, 5) is 18.8. The summed E-state index contributed by atoms with van der Waals surface area (Å²) in [5, 5.41) is 3.17. The minimum atomic E-state index is 0.120. The number of hydrogen-bond donors (Lipinski definition) is 1. The molecule has 1 aromatic heterocycles. The van der Waals surface area contributed by atoms with E-state index in [1.807, 2.05) is 47.0 Å². The van der Waals surface area contributed by atoms with E-state index in [2.05, 4.69) is 10.3 Å². The molecule has 0 unspecified atom stereocenters. The molecule has 1 aromatic carbocycles. The molecule has 1 fully saturated rings. The van der Waals surface area contributed by atoms with Crippen molar-refractivity contribution >= 4 is 5.91 Å². The molecule has 5 heteroatoms. The zero-order chi connectivity index (χ0) is 14.7. The number of rotatable bonds is 4. The highest BCUT2D eigenvalue weighted by molar-refractivity contribution is 5.95. The van der Waals surface area contributed by atoms with Crippen LogP contribution in [-0.4, -0.2) is 46.5 Å². The van der Waals surface area contributed by atoms with Crippen LogP contribution in [0.2, 0.25) is 0 Å². The van der Waals surface area contributed by atoms with Gasteiger partial charge in [0.25, 0.3) is 5.91 Å². The molecule has 0 saturated carbocycles. The van der Waals surface area contributed by atoms with Crippen molar-refractivity contribution in [3.05, 3.63) is 48.5 Å². The number of nitrogens with zero attached hydrogens (tertiary/aromatic N) is 3. The lowest BCUT2D eigenvalue weighted by molar-refractivity contribution is 0.0737. The van der Waals surface area contributed by atoms with Crippen LogP contribution < -0.4 is 5.32 Å². The minimum Gasteiger partial charge on any atom is -0.334 e. The number of likely N-dealkylation sites (N-methyl/N-ethyl adjacent to an activating group) is 1. The van der Waals surface area contributed by atoms with Crippen LogP contribution in [-0.2, 0) is 0 Å². The molecule has 0 aliphatic carbocycles. The summed E-state index contributed by atoms with van der Waals surface area (Å²) in [6.07, 6.45) is 7.51. The van der Waals surface area contributed by atoms with Gasteiger partial charge in [0.05, 0.1) is 6.33 Å². The van der Waals surface area contributed by atoms with E-state index in [1.165, 1.54) is 0 Å². The van der Waals surface area contributed by atoms with Crippen LogP contribution in [0.25, 0.3) is 5.69 Å². The molecule has 110 valence electrons. The number of benzene rings is 1. The van der Waals surface area contributed by atoms with E-state index in [0.717, 1.165) is 37.2 Å². The molecule has 1 aliphatic heterocycles. The van der Waals surface area contributed by atoms with Gasteiger partial charge >= 0.3 is 0 Å². The molecular weight excluding hydrogens is 264 g/mol. The first-order valence-corrected chi connectivity index (χ1v) is 7.33. The van der Waals surface area contributed by atoms with Crippen molar-refractivity contribution in [3.63, 3.8) is 0 Å². The maximum absolute atomic E-state index is 12.7. The summed E-state index contributed by atoms with van der Waals surface area (Å²) >= 11 is 0. The van der Waals surface area contributed by atoms with E-state index in [0.29, 0.717) is 6.04 Å².